The number of nitrogens with two attached hydrogens (primary N) is 2. The predicted octanol–water partition coefficient (Wildman–Crippen LogP) is 1.66. The van der Waals surface area contributed by atoms with E-state index in [0.717, 1.165) is 11.1 Å². The summed E-state index contributed by atoms with van der Waals surface area (Å²) in [7, 11) is 0. The number of carbonyl (C=O) groups is 4. The van der Waals surface area contributed by atoms with Crippen molar-refractivity contribution < 1.29 is 33.9 Å². The van der Waals surface area contributed by atoms with Crippen molar-refractivity contribution in [3.8, 4) is 0 Å². The average molecular weight is 670 g/mol. The number of hydrogen-bond acceptors (Lipinski definition) is 8. The lowest BCUT2D eigenvalue weighted by molar-refractivity contribution is -0.132. The predicted molar refractivity (Wildman–Crippen MR) is 182 cm³/mol. The van der Waals surface area contributed by atoms with Crippen molar-refractivity contribution in [2.24, 2.45) is 28.5 Å². The molecule has 14 nitrogen and oxygen atoms in total. The number of rotatable bonds is 20. The molecule has 4 atom stereocenters. The number of carbonyl (C=O) groups excluding carboxylic acids is 4. The molecule has 264 valence electrons. The Hall–Kier alpha value is -4.85. The molecule has 0 aliphatic carbocycles. The second-order valence-corrected chi connectivity index (χ2v) is 12.2. The molecule has 0 radical (unpaired) electrons. The molecule has 48 heavy (non-hydrogen) atoms. The van der Waals surface area contributed by atoms with E-state index in [1.807, 2.05) is 50.2 Å². The molecular weight excluding hydrogens is 618 g/mol. The third-order valence-electron chi connectivity index (χ3n) is 7.23. The molecular formula is C34H51N7O7. The first-order valence-electron chi connectivity index (χ1n) is 16.1. The second kappa shape index (κ2) is 21.1. The van der Waals surface area contributed by atoms with Gasteiger partial charge in [0.2, 0.25) is 23.7 Å². The van der Waals surface area contributed by atoms with Crippen LogP contribution < -0.4 is 32.7 Å². The molecule has 2 rings (SSSR count). The number of hydrogen-bond donors (Lipinski definition) is 7. The van der Waals surface area contributed by atoms with E-state index in [0.29, 0.717) is 19.4 Å². The van der Waals surface area contributed by atoms with Crippen molar-refractivity contribution in [3.63, 3.8) is 0 Å². The van der Waals surface area contributed by atoms with Crippen LogP contribution in [0.5, 0.6) is 0 Å². The van der Waals surface area contributed by atoms with Gasteiger partial charge >= 0.3 is 6.09 Å². The third kappa shape index (κ3) is 15.6. The van der Waals surface area contributed by atoms with Gasteiger partial charge in [-0.15, -0.1) is 0 Å². The van der Waals surface area contributed by atoms with Gasteiger partial charge in [0, 0.05) is 13.0 Å². The van der Waals surface area contributed by atoms with Crippen LogP contribution >= 0.6 is 0 Å². The average Bonchev–Trinajstić information content (AvgIpc) is 3.04. The van der Waals surface area contributed by atoms with E-state index >= 15 is 0 Å². The fourth-order valence-corrected chi connectivity index (χ4v) is 4.74. The normalized spacial score (nSPS) is 13.4. The maximum atomic E-state index is 13.6. The monoisotopic (exact) mass is 669 g/mol. The molecule has 0 aromatic heterocycles. The standard InChI is InChI=1S/C34H51N7O7/c1-22(2)19-27(28(42)20-29(43)37-17-15-24-11-7-5-8-12-24)38-32(45)30(23(3)4)40-31(44)26(16-18-48-41-33(35)36)39-34(46)47-21-25-13-9-6-10-14-25/h5-14,22-23,26-28,30,42H,15-21H2,1-4H3,(H,37,43)(H,38,45)(H,39,46)(H,40,44)(H4,35,36,41). The van der Waals surface area contributed by atoms with Crippen LogP contribution in [0.4, 0.5) is 4.79 Å². The van der Waals surface area contributed by atoms with E-state index in [-0.39, 0.29) is 49.8 Å². The summed E-state index contributed by atoms with van der Waals surface area (Å²) < 4.78 is 5.27. The molecule has 0 saturated carbocycles. The Morgan fingerprint density at radius 1 is 0.854 bits per heavy atom. The number of amides is 4. The van der Waals surface area contributed by atoms with Crippen molar-refractivity contribution in [2.75, 3.05) is 13.2 Å². The van der Waals surface area contributed by atoms with Crippen molar-refractivity contribution in [1.82, 2.24) is 21.3 Å². The minimum absolute atomic E-state index is 0.0207. The lowest BCUT2D eigenvalue weighted by atomic mass is 9.95. The zero-order chi connectivity index (χ0) is 35.5. The van der Waals surface area contributed by atoms with Gasteiger partial charge in [-0.2, -0.15) is 0 Å². The summed E-state index contributed by atoms with van der Waals surface area (Å²) in [4.78, 5) is 57.2. The first-order chi connectivity index (χ1) is 22.8. The van der Waals surface area contributed by atoms with Crippen LogP contribution in [0.3, 0.4) is 0 Å². The fourth-order valence-electron chi connectivity index (χ4n) is 4.74. The lowest BCUT2D eigenvalue weighted by Crippen LogP contribution is -2.58. The molecule has 0 fully saturated rings. The van der Waals surface area contributed by atoms with Crippen molar-refractivity contribution >= 4 is 29.8 Å². The Labute approximate surface area is 282 Å². The van der Waals surface area contributed by atoms with E-state index < -0.39 is 42.1 Å². The number of aliphatic hydroxyl groups excluding tert-OH is 1. The molecule has 2 aromatic carbocycles. The molecule has 0 heterocycles. The SMILES string of the molecule is CC(C)CC(NC(=O)C(NC(=O)C(CCON=C(N)N)NC(=O)OCc1ccccc1)C(C)C)C(O)CC(=O)NCCc1ccccc1. The molecule has 4 unspecified atom stereocenters. The number of nitrogens with zero attached hydrogens (tertiary/aromatic N) is 1. The fraction of sp³-hybridized carbons (Fsp3) is 0.500. The van der Waals surface area contributed by atoms with E-state index in [1.54, 1.807) is 38.1 Å². The number of ether oxygens (including phenoxy) is 1. The first-order valence-corrected chi connectivity index (χ1v) is 16.1. The zero-order valence-electron chi connectivity index (χ0n) is 28.2. The second-order valence-electron chi connectivity index (χ2n) is 12.2. The molecule has 4 amide bonds. The summed E-state index contributed by atoms with van der Waals surface area (Å²) in [6, 6.07) is 15.7. The van der Waals surface area contributed by atoms with Gasteiger partial charge in [0.05, 0.1) is 18.6 Å². The Kier molecular flexibility index (Phi) is 17.3. The number of nitrogens with one attached hydrogen (secondary N) is 4. The minimum Gasteiger partial charge on any atom is -0.445 e. The summed E-state index contributed by atoms with van der Waals surface area (Å²) in [5.41, 5.74) is 12.4. The number of oxime groups is 1. The molecule has 9 N–H and O–H groups in total. The maximum absolute atomic E-state index is 13.6. The summed E-state index contributed by atoms with van der Waals surface area (Å²) in [6.45, 7) is 7.62. The molecule has 0 aliphatic rings. The molecule has 0 bridgehead atoms. The van der Waals surface area contributed by atoms with E-state index in [4.69, 9.17) is 21.0 Å². The van der Waals surface area contributed by atoms with Gasteiger partial charge in [0.15, 0.2) is 0 Å². The quantitative estimate of drug-likeness (QED) is 0.0471. The van der Waals surface area contributed by atoms with Crippen LogP contribution in [0.15, 0.2) is 65.8 Å². The zero-order valence-corrected chi connectivity index (χ0v) is 28.2. The highest BCUT2D eigenvalue weighted by Crippen LogP contribution is 2.13. The number of alkyl carbamates (subject to hydrolysis) is 1. The van der Waals surface area contributed by atoms with Gasteiger partial charge in [-0.05, 0) is 41.0 Å². The van der Waals surface area contributed by atoms with Gasteiger partial charge < -0.3 is 47.4 Å². The Morgan fingerprint density at radius 3 is 2.06 bits per heavy atom. The molecule has 0 spiro atoms. The smallest absolute Gasteiger partial charge is 0.408 e. The van der Waals surface area contributed by atoms with Gasteiger partial charge in [-0.3, -0.25) is 14.4 Å². The molecule has 2 aromatic rings. The van der Waals surface area contributed by atoms with Crippen molar-refractivity contribution in [2.45, 2.75) is 84.2 Å². The summed E-state index contributed by atoms with van der Waals surface area (Å²) in [5.74, 6) is -2.17. The highest BCUT2D eigenvalue weighted by molar-refractivity contribution is 5.91. The molecule has 0 saturated heterocycles. The molecule has 0 aliphatic heterocycles. The van der Waals surface area contributed by atoms with Crippen molar-refractivity contribution in [3.05, 3.63) is 71.8 Å². The Morgan fingerprint density at radius 2 is 1.48 bits per heavy atom. The first kappa shape index (κ1) is 39.3. The van der Waals surface area contributed by atoms with Crippen LogP contribution in [0.2, 0.25) is 0 Å². The minimum atomic E-state index is -1.17. The van der Waals surface area contributed by atoms with Crippen LogP contribution in [-0.4, -0.2) is 72.3 Å². The summed E-state index contributed by atoms with van der Waals surface area (Å²) in [6.07, 6.45) is -1.25. The van der Waals surface area contributed by atoms with Gasteiger partial charge in [0.1, 0.15) is 25.3 Å². The van der Waals surface area contributed by atoms with Crippen LogP contribution in [-0.2, 0) is 37.0 Å². The largest absolute Gasteiger partial charge is 0.445 e. The van der Waals surface area contributed by atoms with Gasteiger partial charge in [-0.1, -0.05) is 88.4 Å². The topological polar surface area (TPSA) is 219 Å². The van der Waals surface area contributed by atoms with Crippen LogP contribution in [0.1, 0.15) is 58.1 Å². The Bertz CT molecular complexity index is 1310. The third-order valence-corrected chi connectivity index (χ3v) is 7.23. The van der Waals surface area contributed by atoms with E-state index in [1.165, 1.54) is 0 Å². The van der Waals surface area contributed by atoms with E-state index in [9.17, 15) is 24.3 Å². The highest BCUT2D eigenvalue weighted by Gasteiger charge is 2.32. The molecule has 14 heteroatoms. The van der Waals surface area contributed by atoms with Crippen LogP contribution in [0.25, 0.3) is 0 Å². The summed E-state index contributed by atoms with van der Waals surface area (Å²) >= 11 is 0. The summed E-state index contributed by atoms with van der Waals surface area (Å²) in [5, 5.41) is 25.3. The number of guanidine groups is 1. The van der Waals surface area contributed by atoms with Gasteiger partial charge in [-0.25, -0.2) is 4.79 Å². The van der Waals surface area contributed by atoms with Gasteiger partial charge in [0.25, 0.3) is 0 Å². The maximum Gasteiger partial charge on any atom is 0.408 e. The number of benzene rings is 2. The highest BCUT2D eigenvalue weighted by atomic mass is 16.6. The van der Waals surface area contributed by atoms with Crippen molar-refractivity contribution in [1.29, 1.82) is 0 Å². The Balaban J connectivity index is 2.05. The number of aliphatic hydroxyl groups is 1. The van der Waals surface area contributed by atoms with E-state index in [2.05, 4.69) is 26.4 Å². The lowest BCUT2D eigenvalue weighted by Gasteiger charge is -2.30. The van der Waals surface area contributed by atoms with Crippen LogP contribution in [0, 0.1) is 11.8 Å².